The van der Waals surface area contributed by atoms with E-state index in [0.29, 0.717) is 0 Å². The number of para-hydroxylation sites is 1. The third-order valence-corrected chi connectivity index (χ3v) is 1.02. The van der Waals surface area contributed by atoms with E-state index >= 15 is 0 Å². The van der Waals surface area contributed by atoms with Gasteiger partial charge >= 0.3 is 0 Å². The number of anilines is 1. The topological polar surface area (TPSA) is 29.1 Å². The minimum absolute atomic E-state index is 0. The fraction of sp³-hybridized carbons (Fsp3) is 0.125. The molecule has 0 aliphatic carbocycles. The molecule has 1 N–H and O–H groups in total. The van der Waals surface area contributed by atoms with Crippen molar-refractivity contribution in [3.05, 3.63) is 30.3 Å². The molecule has 0 atom stereocenters. The van der Waals surface area contributed by atoms with Gasteiger partial charge in [-0.3, -0.25) is 4.79 Å². The van der Waals surface area contributed by atoms with Crippen LogP contribution in [0.4, 0.5) is 5.69 Å². The first-order valence-electron chi connectivity index (χ1n) is 3.03. The van der Waals surface area contributed by atoms with E-state index < -0.39 is 0 Å². The van der Waals surface area contributed by atoms with Gasteiger partial charge in [-0.25, -0.2) is 0 Å². The number of nitrogens with one attached hydrogen (secondary N) is 1. The molecule has 1 aromatic rings. The van der Waals surface area contributed by atoms with E-state index in [1.807, 2.05) is 12.1 Å². The standard InChI is InChI=1S/C8H8NO.W/c1-7(10)9-8-5-3-2-4-6-8;/h2-5H,1H3,(H,9,10);/q-1;. The second-order valence-electron chi connectivity index (χ2n) is 1.96. The van der Waals surface area contributed by atoms with Gasteiger partial charge in [-0.15, -0.1) is 6.07 Å². The predicted octanol–water partition coefficient (Wildman–Crippen LogP) is 1.44. The second kappa shape index (κ2) is 5.08. The molecule has 0 unspecified atom stereocenters. The fourth-order valence-corrected chi connectivity index (χ4v) is 0.661. The van der Waals surface area contributed by atoms with Gasteiger partial charge < -0.3 is 5.32 Å². The Kier molecular flexibility index (Phi) is 4.80. The molecule has 0 aromatic heterocycles. The number of amides is 1. The summed E-state index contributed by atoms with van der Waals surface area (Å²) in [6.07, 6.45) is 0. The van der Waals surface area contributed by atoms with Crippen LogP contribution in [0.5, 0.6) is 0 Å². The summed E-state index contributed by atoms with van der Waals surface area (Å²) in [4.78, 5) is 10.5. The molecule has 0 spiro atoms. The number of benzene rings is 1. The van der Waals surface area contributed by atoms with E-state index in [0.717, 1.165) is 5.69 Å². The SMILES string of the molecule is CC(=O)Nc1[c-]cccc1.[W]. The minimum atomic E-state index is -0.0672. The van der Waals surface area contributed by atoms with Crippen LogP contribution < -0.4 is 5.32 Å². The van der Waals surface area contributed by atoms with E-state index in [1.54, 1.807) is 12.1 Å². The van der Waals surface area contributed by atoms with Gasteiger partial charge in [0.25, 0.3) is 0 Å². The molecule has 3 heteroatoms. The van der Waals surface area contributed by atoms with Crippen molar-refractivity contribution < 1.29 is 25.9 Å². The van der Waals surface area contributed by atoms with Crippen LogP contribution in [0.3, 0.4) is 0 Å². The molecule has 0 radical (unpaired) electrons. The van der Waals surface area contributed by atoms with Crippen LogP contribution in [0.25, 0.3) is 0 Å². The molecule has 0 saturated carbocycles. The van der Waals surface area contributed by atoms with E-state index in [9.17, 15) is 4.79 Å². The van der Waals surface area contributed by atoms with Crippen molar-refractivity contribution in [2.75, 3.05) is 5.32 Å². The summed E-state index contributed by atoms with van der Waals surface area (Å²) in [5.41, 5.74) is 0.718. The van der Waals surface area contributed by atoms with Gasteiger partial charge in [0.1, 0.15) is 0 Å². The summed E-state index contributed by atoms with van der Waals surface area (Å²) in [7, 11) is 0. The molecule has 0 aliphatic heterocycles. The zero-order valence-electron chi connectivity index (χ0n) is 6.13. The third-order valence-electron chi connectivity index (χ3n) is 1.02. The van der Waals surface area contributed by atoms with Gasteiger partial charge in [0.2, 0.25) is 5.91 Å². The number of carbonyl (C=O) groups excluding carboxylic acids is 1. The number of hydrogen-bond acceptors (Lipinski definition) is 1. The normalized spacial score (nSPS) is 8.09. The number of rotatable bonds is 1. The van der Waals surface area contributed by atoms with Crippen molar-refractivity contribution in [3.8, 4) is 0 Å². The Balaban J connectivity index is 0.000001000. The Morgan fingerprint density at radius 2 is 2.27 bits per heavy atom. The van der Waals surface area contributed by atoms with Crippen molar-refractivity contribution in [3.63, 3.8) is 0 Å². The average molecular weight is 318 g/mol. The first-order chi connectivity index (χ1) is 4.79. The van der Waals surface area contributed by atoms with E-state index in [-0.39, 0.29) is 27.0 Å². The van der Waals surface area contributed by atoms with Crippen molar-refractivity contribution in [2.24, 2.45) is 0 Å². The van der Waals surface area contributed by atoms with Crippen LogP contribution >= 0.6 is 0 Å². The van der Waals surface area contributed by atoms with E-state index in [1.165, 1.54) is 6.92 Å². The molecule has 0 aliphatic rings. The van der Waals surface area contributed by atoms with Crippen LogP contribution in [0.1, 0.15) is 6.92 Å². The molecule has 0 bridgehead atoms. The van der Waals surface area contributed by atoms with Crippen molar-refractivity contribution >= 4 is 11.6 Å². The summed E-state index contributed by atoms with van der Waals surface area (Å²) in [5, 5.41) is 2.61. The molecule has 1 rings (SSSR count). The van der Waals surface area contributed by atoms with Gasteiger partial charge in [0, 0.05) is 28.0 Å². The smallest absolute Gasteiger partial charge is 0.219 e. The maximum Gasteiger partial charge on any atom is 0.219 e. The molecule has 2 nitrogen and oxygen atoms in total. The third kappa shape index (κ3) is 3.94. The molecular weight excluding hydrogens is 310 g/mol. The maximum atomic E-state index is 10.5. The summed E-state index contributed by atoms with van der Waals surface area (Å²) in [5.74, 6) is -0.0672. The zero-order valence-corrected chi connectivity index (χ0v) is 9.06. The van der Waals surface area contributed by atoms with Crippen LogP contribution in [-0.4, -0.2) is 5.91 Å². The summed E-state index contributed by atoms with van der Waals surface area (Å²) < 4.78 is 0. The van der Waals surface area contributed by atoms with E-state index in [2.05, 4.69) is 11.4 Å². The number of carbonyl (C=O) groups is 1. The van der Waals surface area contributed by atoms with Crippen LogP contribution in [0, 0.1) is 6.07 Å². The summed E-state index contributed by atoms with van der Waals surface area (Å²) in [6.45, 7) is 1.47. The first-order valence-corrected chi connectivity index (χ1v) is 3.03. The monoisotopic (exact) mass is 318 g/mol. The van der Waals surface area contributed by atoms with Crippen molar-refractivity contribution in [1.29, 1.82) is 0 Å². The first kappa shape index (κ1) is 10.4. The second-order valence-corrected chi connectivity index (χ2v) is 1.96. The molecule has 1 aromatic carbocycles. The van der Waals surface area contributed by atoms with Crippen LogP contribution in [-0.2, 0) is 25.9 Å². The van der Waals surface area contributed by atoms with Crippen LogP contribution in [0.15, 0.2) is 24.3 Å². The molecule has 0 heterocycles. The van der Waals surface area contributed by atoms with Crippen molar-refractivity contribution in [1.82, 2.24) is 0 Å². The van der Waals surface area contributed by atoms with Gasteiger partial charge in [-0.2, -0.15) is 24.3 Å². The van der Waals surface area contributed by atoms with Gasteiger partial charge in [-0.05, 0) is 0 Å². The Morgan fingerprint density at radius 3 is 2.73 bits per heavy atom. The molecule has 0 fully saturated rings. The predicted molar refractivity (Wildman–Crippen MR) is 39.6 cm³/mol. The Bertz CT molecular complexity index is 223. The maximum absolute atomic E-state index is 10.5. The summed E-state index contributed by atoms with van der Waals surface area (Å²) >= 11 is 0. The Labute approximate surface area is 80.3 Å². The quantitative estimate of drug-likeness (QED) is 0.780. The fourth-order valence-electron chi connectivity index (χ4n) is 0.661. The van der Waals surface area contributed by atoms with Crippen LogP contribution in [0.2, 0.25) is 0 Å². The minimum Gasteiger partial charge on any atom is -0.350 e. The molecular formula is C8H8NOW-. The van der Waals surface area contributed by atoms with Gasteiger partial charge in [-0.1, -0.05) is 5.69 Å². The van der Waals surface area contributed by atoms with E-state index in [4.69, 9.17) is 0 Å². The Morgan fingerprint density at radius 1 is 1.55 bits per heavy atom. The van der Waals surface area contributed by atoms with Crippen molar-refractivity contribution in [2.45, 2.75) is 6.92 Å². The summed E-state index contributed by atoms with van der Waals surface area (Å²) in [6, 6.07) is 10.1. The molecule has 11 heavy (non-hydrogen) atoms. The average Bonchev–Trinajstić information content (AvgIpc) is 1.88. The molecule has 1 amide bonds. The van der Waals surface area contributed by atoms with Gasteiger partial charge in [0.05, 0.1) is 0 Å². The van der Waals surface area contributed by atoms with Gasteiger partial charge in [0.15, 0.2) is 0 Å². The molecule has 0 saturated heterocycles. The number of hydrogen-bond donors (Lipinski definition) is 1. The largest absolute Gasteiger partial charge is 0.350 e. The molecule has 58 valence electrons. The Hall–Kier alpha value is -0.622. The zero-order chi connectivity index (χ0) is 7.40.